The van der Waals surface area contributed by atoms with Crippen LogP contribution in [0, 0.1) is 11.3 Å². The summed E-state index contributed by atoms with van der Waals surface area (Å²) in [6.45, 7) is 3.12. The highest BCUT2D eigenvalue weighted by atomic mass is 32.1. The Labute approximate surface area is 72.5 Å². The van der Waals surface area contributed by atoms with E-state index < -0.39 is 0 Å². The van der Waals surface area contributed by atoms with Gasteiger partial charge in [0.25, 0.3) is 0 Å². The summed E-state index contributed by atoms with van der Waals surface area (Å²) in [6.07, 6.45) is 1.18. The molecule has 0 aliphatic rings. The van der Waals surface area contributed by atoms with Crippen LogP contribution in [-0.4, -0.2) is 23.3 Å². The molecule has 10 heavy (non-hydrogen) atoms. The van der Waals surface area contributed by atoms with E-state index in [0.29, 0.717) is 4.32 Å². The molecule has 0 bridgehead atoms. The van der Waals surface area contributed by atoms with Crippen molar-refractivity contribution in [2.24, 2.45) is 0 Å². The van der Waals surface area contributed by atoms with Crippen LogP contribution >= 0.6 is 24.8 Å². The summed E-state index contributed by atoms with van der Waals surface area (Å²) in [4.78, 5) is 1.76. The molecular formula is C6H10N2S2. The summed E-state index contributed by atoms with van der Waals surface area (Å²) in [6, 6.07) is 1.69. The van der Waals surface area contributed by atoms with Gasteiger partial charge in [0.2, 0.25) is 0 Å². The zero-order chi connectivity index (χ0) is 8.57. The molecule has 2 nitrogen and oxygen atoms in total. The van der Waals surface area contributed by atoms with Gasteiger partial charge in [-0.15, -0.1) is 12.6 Å². The highest BCUT2D eigenvalue weighted by molar-refractivity contribution is 8.10. The summed E-state index contributed by atoms with van der Waals surface area (Å²) in [5, 5.41) is 7.51. The number of allylic oxidation sites excluding steroid dienone is 1. The van der Waals surface area contributed by atoms with Crippen molar-refractivity contribution in [2.75, 3.05) is 14.1 Å². The normalized spacial score (nSPS) is 6.20. The first kappa shape index (κ1) is 12.2. The number of thiol groups is 1. The zero-order valence-corrected chi connectivity index (χ0v) is 7.75. The van der Waals surface area contributed by atoms with E-state index >= 15 is 0 Å². The van der Waals surface area contributed by atoms with E-state index in [0.717, 1.165) is 0 Å². The molecule has 0 aromatic rings. The van der Waals surface area contributed by atoms with Crippen LogP contribution < -0.4 is 0 Å². The molecule has 0 saturated heterocycles. The van der Waals surface area contributed by atoms with Gasteiger partial charge in [0.1, 0.15) is 4.32 Å². The Kier molecular flexibility index (Phi) is 10.3. The second-order valence-corrected chi connectivity index (χ2v) is 2.62. The van der Waals surface area contributed by atoms with Crippen LogP contribution in [0.15, 0.2) is 12.7 Å². The summed E-state index contributed by atoms with van der Waals surface area (Å²) in [5.74, 6) is 0. The largest absolute Gasteiger partial charge is 0.364 e. The van der Waals surface area contributed by atoms with Gasteiger partial charge >= 0.3 is 0 Å². The fraction of sp³-hybridized carbons (Fsp3) is 0.333. The third-order valence-electron chi connectivity index (χ3n) is 0.474. The molecule has 0 N–H and O–H groups in total. The minimum atomic E-state index is 0.620. The van der Waals surface area contributed by atoms with Crippen molar-refractivity contribution in [3.05, 3.63) is 12.7 Å². The lowest BCUT2D eigenvalue weighted by Gasteiger charge is -2.05. The third-order valence-corrected chi connectivity index (χ3v) is 1.24. The first-order valence-corrected chi connectivity index (χ1v) is 3.32. The third kappa shape index (κ3) is 15.6. The quantitative estimate of drug-likeness (QED) is 0.342. The molecule has 0 saturated carbocycles. The Hall–Kier alpha value is -0.530. The predicted molar refractivity (Wildman–Crippen MR) is 51.1 cm³/mol. The Bertz CT molecular complexity index is 146. The number of thiocarbonyl (C=S) groups is 1. The van der Waals surface area contributed by atoms with Crippen molar-refractivity contribution in [1.82, 2.24) is 4.90 Å². The first-order valence-electron chi connectivity index (χ1n) is 2.47. The Balaban J connectivity index is 0. The lowest BCUT2D eigenvalue weighted by Crippen LogP contribution is -2.12. The Morgan fingerprint density at radius 2 is 2.00 bits per heavy atom. The molecule has 0 rings (SSSR count). The molecule has 0 aliphatic carbocycles. The molecule has 4 heteroatoms. The van der Waals surface area contributed by atoms with Gasteiger partial charge in [-0.05, 0) is 0 Å². The van der Waals surface area contributed by atoms with Crippen LogP contribution in [0.2, 0.25) is 0 Å². The van der Waals surface area contributed by atoms with Gasteiger partial charge in [-0.1, -0.05) is 18.8 Å². The van der Waals surface area contributed by atoms with E-state index in [1.165, 1.54) is 6.08 Å². The molecule has 0 radical (unpaired) electrons. The van der Waals surface area contributed by atoms with Gasteiger partial charge in [0.05, 0.1) is 6.07 Å². The van der Waals surface area contributed by atoms with Crippen molar-refractivity contribution in [1.29, 1.82) is 5.26 Å². The van der Waals surface area contributed by atoms with E-state index in [4.69, 9.17) is 5.26 Å². The average molecular weight is 174 g/mol. The lowest BCUT2D eigenvalue weighted by atomic mass is 10.8. The van der Waals surface area contributed by atoms with Crippen LogP contribution in [0.3, 0.4) is 0 Å². The van der Waals surface area contributed by atoms with Crippen molar-refractivity contribution >= 4 is 29.2 Å². The highest BCUT2D eigenvalue weighted by Gasteiger charge is 1.83. The minimum Gasteiger partial charge on any atom is -0.364 e. The van der Waals surface area contributed by atoms with Crippen LogP contribution in [0.4, 0.5) is 0 Å². The highest BCUT2D eigenvalue weighted by Crippen LogP contribution is 1.84. The van der Waals surface area contributed by atoms with Crippen LogP contribution in [0.5, 0.6) is 0 Å². The van der Waals surface area contributed by atoms with Gasteiger partial charge in [0.15, 0.2) is 0 Å². The topological polar surface area (TPSA) is 27.0 Å². The van der Waals surface area contributed by atoms with Crippen LogP contribution in [-0.2, 0) is 0 Å². The molecule has 0 amide bonds. The van der Waals surface area contributed by atoms with E-state index in [-0.39, 0.29) is 0 Å². The van der Waals surface area contributed by atoms with Gasteiger partial charge < -0.3 is 4.90 Å². The number of nitriles is 1. The summed E-state index contributed by atoms with van der Waals surface area (Å²) in [7, 11) is 3.71. The molecule has 0 atom stereocenters. The number of hydrogen-bond acceptors (Lipinski definition) is 2. The standard InChI is InChI=1S/C3H7NS2.C3H3N/c1-4(2)3(5)6;1-2-3-4/h1-2H3,(H,5,6);2H,1H2. The molecule has 0 spiro atoms. The first-order chi connectivity index (χ1) is 4.56. The van der Waals surface area contributed by atoms with E-state index in [2.05, 4.69) is 31.4 Å². The minimum absolute atomic E-state index is 0.620. The van der Waals surface area contributed by atoms with E-state index in [1.54, 1.807) is 11.0 Å². The van der Waals surface area contributed by atoms with E-state index in [9.17, 15) is 0 Å². The second kappa shape index (κ2) is 8.47. The fourth-order valence-electron chi connectivity index (χ4n) is 0. The second-order valence-electron chi connectivity index (χ2n) is 1.51. The number of nitrogens with zero attached hydrogens (tertiary/aromatic N) is 2. The van der Waals surface area contributed by atoms with Gasteiger partial charge in [-0.25, -0.2) is 0 Å². The van der Waals surface area contributed by atoms with E-state index in [1.807, 2.05) is 14.1 Å². The maximum Gasteiger partial charge on any atom is 0.132 e. The summed E-state index contributed by atoms with van der Waals surface area (Å²) in [5.41, 5.74) is 0. The van der Waals surface area contributed by atoms with Crippen LogP contribution in [0.25, 0.3) is 0 Å². The number of rotatable bonds is 0. The lowest BCUT2D eigenvalue weighted by molar-refractivity contribution is 0.648. The van der Waals surface area contributed by atoms with Crippen molar-refractivity contribution in [2.45, 2.75) is 0 Å². The molecule has 56 valence electrons. The van der Waals surface area contributed by atoms with Crippen molar-refractivity contribution < 1.29 is 0 Å². The smallest absolute Gasteiger partial charge is 0.132 e. The average Bonchev–Trinajstić information content (AvgIpc) is 1.89. The summed E-state index contributed by atoms with van der Waals surface area (Å²) < 4.78 is 0.620. The molecule has 0 aromatic carbocycles. The fourth-order valence-corrected chi connectivity index (χ4v) is 0. The molecule has 0 fully saturated rings. The Morgan fingerprint density at radius 1 is 1.80 bits per heavy atom. The van der Waals surface area contributed by atoms with Crippen LogP contribution in [0.1, 0.15) is 0 Å². The molecule has 0 aromatic heterocycles. The zero-order valence-electron chi connectivity index (χ0n) is 6.03. The maximum atomic E-state index is 7.51. The molecular weight excluding hydrogens is 164 g/mol. The predicted octanol–water partition coefficient (Wildman–Crippen LogP) is 1.46. The van der Waals surface area contributed by atoms with Crippen molar-refractivity contribution in [3.8, 4) is 6.07 Å². The monoisotopic (exact) mass is 174 g/mol. The maximum absolute atomic E-state index is 7.51. The number of hydrogen-bond donors (Lipinski definition) is 1. The molecule has 0 aliphatic heterocycles. The summed E-state index contributed by atoms with van der Waals surface area (Å²) >= 11 is 8.46. The van der Waals surface area contributed by atoms with Gasteiger partial charge in [0, 0.05) is 20.2 Å². The van der Waals surface area contributed by atoms with Gasteiger partial charge in [-0.2, -0.15) is 5.26 Å². The van der Waals surface area contributed by atoms with Crippen molar-refractivity contribution in [3.63, 3.8) is 0 Å². The Morgan fingerprint density at radius 3 is 2.00 bits per heavy atom. The SMILES string of the molecule is C=CC#N.CN(C)C(=S)S. The molecule has 0 heterocycles. The molecule has 0 unspecified atom stereocenters. The van der Waals surface area contributed by atoms with Gasteiger partial charge in [-0.3, -0.25) is 0 Å².